The SMILES string of the molecule is CCCCCC(C)(C)NC(C)(C)CCCCC. The largest absolute Gasteiger partial charge is 0.307 e. The fourth-order valence-electron chi connectivity index (χ4n) is 2.67. The van der Waals surface area contributed by atoms with E-state index in [1.54, 1.807) is 0 Å². The molecule has 0 aromatic carbocycles. The molecule has 0 fully saturated rings. The van der Waals surface area contributed by atoms with Crippen LogP contribution >= 0.6 is 0 Å². The molecule has 0 atom stereocenters. The van der Waals surface area contributed by atoms with Gasteiger partial charge in [-0.1, -0.05) is 52.4 Å². The Morgan fingerprint density at radius 1 is 0.647 bits per heavy atom. The molecule has 0 aliphatic carbocycles. The van der Waals surface area contributed by atoms with Gasteiger partial charge < -0.3 is 5.32 Å². The summed E-state index contributed by atoms with van der Waals surface area (Å²) in [5.74, 6) is 0. The van der Waals surface area contributed by atoms with Gasteiger partial charge in [0.25, 0.3) is 0 Å². The first kappa shape index (κ1) is 17.0. The Hall–Kier alpha value is -0.0400. The summed E-state index contributed by atoms with van der Waals surface area (Å²) >= 11 is 0. The molecule has 1 N–H and O–H groups in total. The second kappa shape index (κ2) is 8.13. The van der Waals surface area contributed by atoms with Crippen LogP contribution in [0.1, 0.15) is 92.9 Å². The quantitative estimate of drug-likeness (QED) is 0.512. The highest BCUT2D eigenvalue weighted by Gasteiger charge is 2.26. The number of hydrogen-bond acceptors (Lipinski definition) is 1. The molecule has 0 amide bonds. The molecular weight excluding hydrogens is 206 g/mol. The van der Waals surface area contributed by atoms with Crippen molar-refractivity contribution in [1.82, 2.24) is 5.32 Å². The van der Waals surface area contributed by atoms with Gasteiger partial charge in [-0.05, 0) is 40.5 Å². The predicted octanol–water partition coefficient (Wildman–Crippen LogP) is 5.29. The Labute approximate surface area is 110 Å². The molecule has 1 heteroatoms. The summed E-state index contributed by atoms with van der Waals surface area (Å²) in [5, 5.41) is 3.85. The van der Waals surface area contributed by atoms with E-state index in [4.69, 9.17) is 0 Å². The van der Waals surface area contributed by atoms with E-state index in [1.165, 1.54) is 51.4 Å². The topological polar surface area (TPSA) is 12.0 Å². The Balaban J connectivity index is 3.99. The number of rotatable bonds is 10. The summed E-state index contributed by atoms with van der Waals surface area (Å²) in [4.78, 5) is 0. The van der Waals surface area contributed by atoms with Gasteiger partial charge in [0.1, 0.15) is 0 Å². The summed E-state index contributed by atoms with van der Waals surface area (Å²) in [7, 11) is 0. The van der Waals surface area contributed by atoms with Crippen molar-refractivity contribution >= 4 is 0 Å². The molecule has 0 aromatic rings. The standard InChI is InChI=1S/C16H35N/c1-7-9-11-13-15(3,4)17-16(5,6)14-12-10-8-2/h17H,7-14H2,1-6H3. The fourth-order valence-corrected chi connectivity index (χ4v) is 2.67. The zero-order chi connectivity index (χ0) is 13.4. The van der Waals surface area contributed by atoms with E-state index in [1.807, 2.05) is 0 Å². The van der Waals surface area contributed by atoms with Crippen LogP contribution in [0, 0.1) is 0 Å². The van der Waals surface area contributed by atoms with Crippen LogP contribution < -0.4 is 5.32 Å². The molecule has 0 heterocycles. The highest BCUT2D eigenvalue weighted by molar-refractivity contribution is 4.88. The zero-order valence-corrected chi connectivity index (χ0v) is 13.2. The van der Waals surface area contributed by atoms with Gasteiger partial charge in [-0.2, -0.15) is 0 Å². The molecule has 1 nitrogen and oxygen atoms in total. The van der Waals surface area contributed by atoms with Gasteiger partial charge >= 0.3 is 0 Å². The van der Waals surface area contributed by atoms with E-state index >= 15 is 0 Å². The van der Waals surface area contributed by atoms with E-state index in [2.05, 4.69) is 46.9 Å². The smallest absolute Gasteiger partial charge is 0.0130 e. The number of unbranched alkanes of at least 4 members (excludes halogenated alkanes) is 4. The molecule has 0 aliphatic rings. The van der Waals surface area contributed by atoms with Crippen LogP contribution in [0.25, 0.3) is 0 Å². The Bertz CT molecular complexity index is 162. The van der Waals surface area contributed by atoms with Crippen molar-refractivity contribution in [2.45, 2.75) is 104 Å². The molecule has 104 valence electrons. The molecular formula is C16H35N. The van der Waals surface area contributed by atoms with Gasteiger partial charge in [-0.3, -0.25) is 0 Å². The van der Waals surface area contributed by atoms with Gasteiger partial charge in [0.2, 0.25) is 0 Å². The lowest BCUT2D eigenvalue weighted by molar-refractivity contribution is 0.231. The van der Waals surface area contributed by atoms with Crippen LogP contribution in [-0.4, -0.2) is 11.1 Å². The molecule has 0 rings (SSSR count). The molecule has 0 spiro atoms. The van der Waals surface area contributed by atoms with Crippen molar-refractivity contribution in [3.8, 4) is 0 Å². The van der Waals surface area contributed by atoms with Gasteiger partial charge in [-0.25, -0.2) is 0 Å². The van der Waals surface area contributed by atoms with Gasteiger partial charge in [0.05, 0.1) is 0 Å². The predicted molar refractivity (Wildman–Crippen MR) is 79.6 cm³/mol. The van der Waals surface area contributed by atoms with Crippen molar-refractivity contribution in [2.24, 2.45) is 0 Å². The Morgan fingerprint density at radius 2 is 1.00 bits per heavy atom. The molecule has 0 unspecified atom stereocenters. The van der Waals surface area contributed by atoms with Crippen molar-refractivity contribution in [3.05, 3.63) is 0 Å². The van der Waals surface area contributed by atoms with E-state index in [-0.39, 0.29) is 11.1 Å². The first-order valence-corrected chi connectivity index (χ1v) is 7.62. The van der Waals surface area contributed by atoms with Gasteiger partial charge in [-0.15, -0.1) is 0 Å². The maximum absolute atomic E-state index is 3.85. The third-order valence-electron chi connectivity index (χ3n) is 3.49. The van der Waals surface area contributed by atoms with E-state index in [0.29, 0.717) is 0 Å². The number of nitrogens with one attached hydrogen (secondary N) is 1. The average Bonchev–Trinajstić information content (AvgIpc) is 2.16. The summed E-state index contributed by atoms with van der Waals surface area (Å²) in [6.45, 7) is 14.0. The number of hydrogen-bond donors (Lipinski definition) is 1. The Morgan fingerprint density at radius 3 is 1.29 bits per heavy atom. The minimum Gasteiger partial charge on any atom is -0.307 e. The molecule has 0 saturated carbocycles. The van der Waals surface area contributed by atoms with Gasteiger partial charge in [0, 0.05) is 11.1 Å². The molecule has 0 radical (unpaired) electrons. The summed E-state index contributed by atoms with van der Waals surface area (Å²) < 4.78 is 0. The van der Waals surface area contributed by atoms with Crippen LogP contribution in [0.5, 0.6) is 0 Å². The summed E-state index contributed by atoms with van der Waals surface area (Å²) in [5.41, 5.74) is 0.565. The third kappa shape index (κ3) is 9.64. The zero-order valence-electron chi connectivity index (χ0n) is 13.2. The minimum atomic E-state index is 0.283. The average molecular weight is 241 g/mol. The monoisotopic (exact) mass is 241 g/mol. The second-order valence-electron chi connectivity index (χ2n) is 6.81. The first-order valence-electron chi connectivity index (χ1n) is 7.62. The van der Waals surface area contributed by atoms with Crippen molar-refractivity contribution in [1.29, 1.82) is 0 Å². The van der Waals surface area contributed by atoms with E-state index < -0.39 is 0 Å². The lowest BCUT2D eigenvalue weighted by Crippen LogP contribution is -2.51. The fraction of sp³-hybridized carbons (Fsp3) is 1.00. The van der Waals surface area contributed by atoms with E-state index in [0.717, 1.165) is 0 Å². The maximum atomic E-state index is 3.85. The Kier molecular flexibility index (Phi) is 8.11. The normalized spacial score (nSPS) is 13.1. The molecule has 17 heavy (non-hydrogen) atoms. The van der Waals surface area contributed by atoms with Crippen LogP contribution in [-0.2, 0) is 0 Å². The van der Waals surface area contributed by atoms with Crippen LogP contribution in [0.4, 0.5) is 0 Å². The van der Waals surface area contributed by atoms with Crippen LogP contribution in [0.3, 0.4) is 0 Å². The molecule has 0 saturated heterocycles. The lowest BCUT2D eigenvalue weighted by Gasteiger charge is -2.37. The highest BCUT2D eigenvalue weighted by atomic mass is 15.0. The maximum Gasteiger partial charge on any atom is 0.0130 e. The van der Waals surface area contributed by atoms with Crippen molar-refractivity contribution in [3.63, 3.8) is 0 Å². The minimum absolute atomic E-state index is 0.283. The molecule has 0 aliphatic heterocycles. The molecule has 0 bridgehead atoms. The summed E-state index contributed by atoms with van der Waals surface area (Å²) in [6, 6.07) is 0. The van der Waals surface area contributed by atoms with Crippen LogP contribution in [0.2, 0.25) is 0 Å². The van der Waals surface area contributed by atoms with Crippen LogP contribution in [0.15, 0.2) is 0 Å². The third-order valence-corrected chi connectivity index (χ3v) is 3.49. The van der Waals surface area contributed by atoms with E-state index in [9.17, 15) is 0 Å². The summed E-state index contributed by atoms with van der Waals surface area (Å²) in [6.07, 6.45) is 10.6. The molecule has 0 aromatic heterocycles. The first-order chi connectivity index (χ1) is 7.83. The van der Waals surface area contributed by atoms with Crippen molar-refractivity contribution < 1.29 is 0 Å². The van der Waals surface area contributed by atoms with Gasteiger partial charge in [0.15, 0.2) is 0 Å². The van der Waals surface area contributed by atoms with Crippen molar-refractivity contribution in [2.75, 3.05) is 0 Å². The lowest BCUT2D eigenvalue weighted by atomic mass is 9.89. The highest BCUT2D eigenvalue weighted by Crippen LogP contribution is 2.22. The second-order valence-corrected chi connectivity index (χ2v) is 6.81.